The Hall–Kier alpha value is -0.0400. The molecule has 2 bridgehead atoms. The quantitative estimate of drug-likeness (QED) is 0.683. The van der Waals surface area contributed by atoms with Gasteiger partial charge in [0.2, 0.25) is 0 Å². The molecule has 0 saturated heterocycles. The van der Waals surface area contributed by atoms with Crippen LogP contribution >= 0.6 is 0 Å². The molecule has 2 N–H and O–H groups in total. The van der Waals surface area contributed by atoms with E-state index in [1.54, 1.807) is 0 Å². The van der Waals surface area contributed by atoms with Crippen LogP contribution in [0.5, 0.6) is 0 Å². The van der Waals surface area contributed by atoms with E-state index in [0.717, 1.165) is 23.7 Å². The van der Waals surface area contributed by atoms with Crippen LogP contribution in [0.4, 0.5) is 0 Å². The fourth-order valence-electron chi connectivity index (χ4n) is 4.35. The Kier molecular flexibility index (Phi) is 2.63. The van der Waals surface area contributed by atoms with E-state index >= 15 is 0 Å². The van der Waals surface area contributed by atoms with E-state index < -0.39 is 0 Å². The summed E-state index contributed by atoms with van der Waals surface area (Å²) in [5.41, 5.74) is 6.37. The first kappa shape index (κ1) is 10.5. The maximum absolute atomic E-state index is 6.34. The summed E-state index contributed by atoms with van der Waals surface area (Å²) in [6.07, 6.45) is 7.27. The van der Waals surface area contributed by atoms with Gasteiger partial charge in [0.05, 0.1) is 0 Å². The van der Waals surface area contributed by atoms with Gasteiger partial charge in [0.25, 0.3) is 0 Å². The van der Waals surface area contributed by atoms with Crippen LogP contribution in [0.15, 0.2) is 0 Å². The molecule has 0 radical (unpaired) electrons. The van der Waals surface area contributed by atoms with Crippen molar-refractivity contribution in [3.63, 3.8) is 0 Å². The van der Waals surface area contributed by atoms with E-state index in [0.29, 0.717) is 0 Å². The summed E-state index contributed by atoms with van der Waals surface area (Å²) in [6, 6.07) is 0. The van der Waals surface area contributed by atoms with Crippen molar-refractivity contribution in [3.8, 4) is 0 Å². The summed E-state index contributed by atoms with van der Waals surface area (Å²) >= 11 is 0. The van der Waals surface area contributed by atoms with Crippen molar-refractivity contribution >= 4 is 0 Å². The summed E-state index contributed by atoms with van der Waals surface area (Å²) < 4.78 is 0. The van der Waals surface area contributed by atoms with Crippen molar-refractivity contribution in [3.05, 3.63) is 0 Å². The van der Waals surface area contributed by atoms with Crippen LogP contribution in [0, 0.1) is 23.7 Å². The smallest absolute Gasteiger partial charge is 0.0131 e. The highest BCUT2D eigenvalue weighted by Crippen LogP contribution is 2.49. The summed E-state index contributed by atoms with van der Waals surface area (Å²) in [5, 5.41) is 0. The first-order valence-electron chi connectivity index (χ1n) is 6.27. The van der Waals surface area contributed by atoms with E-state index in [2.05, 4.69) is 20.8 Å². The van der Waals surface area contributed by atoms with Gasteiger partial charge in [-0.15, -0.1) is 0 Å². The molecule has 0 aromatic carbocycles. The number of hydrogen-bond donors (Lipinski definition) is 1. The van der Waals surface area contributed by atoms with Gasteiger partial charge in [0, 0.05) is 5.54 Å². The van der Waals surface area contributed by atoms with Crippen molar-refractivity contribution in [2.75, 3.05) is 0 Å². The van der Waals surface area contributed by atoms with E-state index in [1.165, 1.54) is 32.1 Å². The minimum absolute atomic E-state index is 0.0341. The number of hydrogen-bond acceptors (Lipinski definition) is 1. The summed E-state index contributed by atoms with van der Waals surface area (Å²) in [5.74, 6) is 3.57. The molecule has 0 spiro atoms. The van der Waals surface area contributed by atoms with Gasteiger partial charge < -0.3 is 5.73 Å². The van der Waals surface area contributed by atoms with Crippen LogP contribution in [0.25, 0.3) is 0 Å². The van der Waals surface area contributed by atoms with Gasteiger partial charge >= 0.3 is 0 Å². The standard InChI is InChI=1S/C13H25N/c1-9-7-10-5-4-6-11(8-10)12(9)13(2,3)14/h9-12H,4-8,14H2,1-3H3. The van der Waals surface area contributed by atoms with E-state index in [-0.39, 0.29) is 5.54 Å². The molecule has 0 aromatic rings. The largest absolute Gasteiger partial charge is 0.325 e. The molecule has 82 valence electrons. The van der Waals surface area contributed by atoms with Gasteiger partial charge in [0.1, 0.15) is 0 Å². The lowest BCUT2D eigenvalue weighted by atomic mass is 9.58. The zero-order valence-electron chi connectivity index (χ0n) is 9.92. The predicted octanol–water partition coefficient (Wildman–Crippen LogP) is 3.19. The second-order valence-electron chi connectivity index (χ2n) is 6.35. The van der Waals surface area contributed by atoms with Gasteiger partial charge in [-0.25, -0.2) is 0 Å². The van der Waals surface area contributed by atoms with Crippen molar-refractivity contribution in [2.24, 2.45) is 29.4 Å². The fraction of sp³-hybridized carbons (Fsp3) is 1.00. The second kappa shape index (κ2) is 3.52. The molecule has 4 atom stereocenters. The zero-order chi connectivity index (χ0) is 10.3. The Balaban J connectivity index is 2.15. The molecule has 2 rings (SSSR count). The number of fused-ring (bicyclic) bond motifs is 2. The van der Waals surface area contributed by atoms with Gasteiger partial charge in [-0.05, 0) is 50.4 Å². The minimum atomic E-state index is 0.0341. The van der Waals surface area contributed by atoms with Crippen molar-refractivity contribution in [1.82, 2.24) is 0 Å². The average molecular weight is 195 g/mol. The SMILES string of the molecule is CC1CC2CCCC(C2)C1C(C)(C)N. The highest BCUT2D eigenvalue weighted by atomic mass is 14.7. The van der Waals surface area contributed by atoms with Crippen molar-refractivity contribution in [1.29, 1.82) is 0 Å². The maximum Gasteiger partial charge on any atom is 0.0131 e. The van der Waals surface area contributed by atoms with Crippen molar-refractivity contribution in [2.45, 2.75) is 58.4 Å². The molecule has 2 saturated carbocycles. The third kappa shape index (κ3) is 1.84. The van der Waals surface area contributed by atoms with Gasteiger partial charge in [0.15, 0.2) is 0 Å². The Labute approximate surface area is 88.4 Å². The second-order valence-corrected chi connectivity index (χ2v) is 6.35. The van der Waals surface area contributed by atoms with Crippen LogP contribution in [0.3, 0.4) is 0 Å². The molecule has 0 heterocycles. The monoisotopic (exact) mass is 195 g/mol. The van der Waals surface area contributed by atoms with Crippen LogP contribution in [-0.4, -0.2) is 5.54 Å². The Morgan fingerprint density at radius 3 is 2.50 bits per heavy atom. The highest BCUT2D eigenvalue weighted by molar-refractivity contribution is 4.96. The van der Waals surface area contributed by atoms with Gasteiger partial charge in [-0.3, -0.25) is 0 Å². The first-order chi connectivity index (χ1) is 6.48. The van der Waals surface area contributed by atoms with Crippen molar-refractivity contribution < 1.29 is 0 Å². The maximum atomic E-state index is 6.34. The highest BCUT2D eigenvalue weighted by Gasteiger charge is 2.43. The molecular weight excluding hydrogens is 170 g/mol. The zero-order valence-corrected chi connectivity index (χ0v) is 9.92. The lowest BCUT2D eigenvalue weighted by molar-refractivity contribution is 0.0299. The number of rotatable bonds is 1. The molecule has 2 aliphatic rings. The Bertz CT molecular complexity index is 202. The fourth-order valence-corrected chi connectivity index (χ4v) is 4.35. The lowest BCUT2D eigenvalue weighted by Gasteiger charge is -2.49. The van der Waals surface area contributed by atoms with Gasteiger partial charge in [-0.1, -0.05) is 26.2 Å². The summed E-state index contributed by atoms with van der Waals surface area (Å²) in [6.45, 7) is 6.87. The minimum Gasteiger partial charge on any atom is -0.325 e. The molecule has 1 nitrogen and oxygen atoms in total. The third-order valence-electron chi connectivity index (χ3n) is 4.51. The molecule has 4 unspecified atom stereocenters. The molecule has 1 heteroatoms. The number of nitrogens with two attached hydrogens (primary N) is 1. The van der Waals surface area contributed by atoms with Crippen LogP contribution < -0.4 is 5.73 Å². The first-order valence-corrected chi connectivity index (χ1v) is 6.27. The van der Waals surface area contributed by atoms with Crippen LogP contribution in [-0.2, 0) is 0 Å². The Morgan fingerprint density at radius 2 is 1.86 bits per heavy atom. The third-order valence-corrected chi connectivity index (χ3v) is 4.51. The lowest BCUT2D eigenvalue weighted by Crippen LogP contribution is -2.51. The summed E-state index contributed by atoms with van der Waals surface area (Å²) in [7, 11) is 0. The topological polar surface area (TPSA) is 26.0 Å². The van der Waals surface area contributed by atoms with E-state index in [9.17, 15) is 0 Å². The molecule has 14 heavy (non-hydrogen) atoms. The van der Waals surface area contributed by atoms with Crippen LogP contribution in [0.1, 0.15) is 52.9 Å². The molecule has 0 amide bonds. The van der Waals surface area contributed by atoms with Crippen LogP contribution in [0.2, 0.25) is 0 Å². The molecule has 0 aliphatic heterocycles. The Morgan fingerprint density at radius 1 is 1.14 bits per heavy atom. The van der Waals surface area contributed by atoms with E-state index in [4.69, 9.17) is 5.73 Å². The molecular formula is C13H25N. The molecule has 2 aliphatic carbocycles. The molecule has 2 fully saturated rings. The normalized spacial score (nSPS) is 43.7. The average Bonchev–Trinajstić information content (AvgIpc) is 2.00. The van der Waals surface area contributed by atoms with E-state index in [1.807, 2.05) is 0 Å². The molecule has 0 aromatic heterocycles. The van der Waals surface area contributed by atoms with Gasteiger partial charge in [-0.2, -0.15) is 0 Å². The predicted molar refractivity (Wildman–Crippen MR) is 61.0 cm³/mol. The summed E-state index contributed by atoms with van der Waals surface area (Å²) in [4.78, 5) is 0.